The standard InChI is InChI=1S/C12H14BrF3N2O/c13-9-10(7-3-1-2-4-7)17-8(18-11(9)19)5-6-12(14,15)16/h7H,1-6H2,(H,17,18,19). The molecule has 0 bridgehead atoms. The molecule has 1 aromatic heterocycles. The first-order valence-corrected chi connectivity index (χ1v) is 7.01. The lowest BCUT2D eigenvalue weighted by Crippen LogP contribution is -2.19. The van der Waals surface area contributed by atoms with E-state index in [-0.39, 0.29) is 18.2 Å². The van der Waals surface area contributed by atoms with Crippen LogP contribution >= 0.6 is 15.9 Å². The molecule has 0 saturated heterocycles. The van der Waals surface area contributed by atoms with E-state index in [0.29, 0.717) is 10.2 Å². The number of H-pyrrole nitrogens is 1. The van der Waals surface area contributed by atoms with Gasteiger partial charge in [0.15, 0.2) is 0 Å². The van der Waals surface area contributed by atoms with Crippen molar-refractivity contribution in [2.45, 2.75) is 50.6 Å². The Bertz CT molecular complexity index is 507. The zero-order valence-corrected chi connectivity index (χ0v) is 11.8. The number of nitrogens with zero attached hydrogens (tertiary/aromatic N) is 1. The molecule has 0 spiro atoms. The Morgan fingerprint density at radius 2 is 1.95 bits per heavy atom. The van der Waals surface area contributed by atoms with E-state index in [9.17, 15) is 18.0 Å². The Hall–Kier alpha value is -0.850. The third-order valence-electron chi connectivity index (χ3n) is 3.32. The minimum absolute atomic E-state index is 0.118. The van der Waals surface area contributed by atoms with E-state index in [4.69, 9.17) is 0 Å². The van der Waals surface area contributed by atoms with Crippen molar-refractivity contribution in [2.75, 3.05) is 0 Å². The lowest BCUT2D eigenvalue weighted by atomic mass is 10.0. The van der Waals surface area contributed by atoms with Crippen molar-refractivity contribution in [3.8, 4) is 0 Å². The lowest BCUT2D eigenvalue weighted by molar-refractivity contribution is -0.134. The van der Waals surface area contributed by atoms with Crippen LogP contribution in [0.25, 0.3) is 0 Å². The molecule has 0 radical (unpaired) electrons. The number of halogens is 4. The molecule has 1 N–H and O–H groups in total. The molecule has 0 atom stereocenters. The maximum atomic E-state index is 12.2. The highest BCUT2D eigenvalue weighted by Gasteiger charge is 2.28. The Labute approximate surface area is 116 Å². The number of aromatic amines is 1. The van der Waals surface area contributed by atoms with E-state index in [1.807, 2.05) is 0 Å². The predicted molar refractivity (Wildman–Crippen MR) is 68.1 cm³/mol. The molecular formula is C12H14BrF3N2O. The summed E-state index contributed by atoms with van der Waals surface area (Å²) in [6.07, 6.45) is -1.47. The van der Waals surface area contributed by atoms with Crippen LogP contribution in [-0.2, 0) is 6.42 Å². The van der Waals surface area contributed by atoms with Gasteiger partial charge in [-0.1, -0.05) is 12.8 Å². The summed E-state index contributed by atoms with van der Waals surface area (Å²) in [7, 11) is 0. The molecule has 0 aromatic carbocycles. The number of aryl methyl sites for hydroxylation is 1. The van der Waals surface area contributed by atoms with Crippen molar-refractivity contribution in [1.29, 1.82) is 0 Å². The summed E-state index contributed by atoms with van der Waals surface area (Å²) in [5.74, 6) is 0.300. The maximum absolute atomic E-state index is 12.2. The monoisotopic (exact) mass is 338 g/mol. The van der Waals surface area contributed by atoms with Gasteiger partial charge >= 0.3 is 6.18 Å². The first kappa shape index (κ1) is 14.6. The van der Waals surface area contributed by atoms with Crippen LogP contribution in [0.15, 0.2) is 9.27 Å². The van der Waals surface area contributed by atoms with Gasteiger partial charge in [0.05, 0.1) is 12.1 Å². The van der Waals surface area contributed by atoms with E-state index < -0.39 is 18.2 Å². The summed E-state index contributed by atoms with van der Waals surface area (Å²) in [4.78, 5) is 18.3. The fraction of sp³-hybridized carbons (Fsp3) is 0.667. The molecule has 0 unspecified atom stereocenters. The van der Waals surface area contributed by atoms with Crippen LogP contribution in [0, 0.1) is 0 Å². The molecule has 0 aliphatic heterocycles. The molecule has 19 heavy (non-hydrogen) atoms. The van der Waals surface area contributed by atoms with E-state index >= 15 is 0 Å². The Morgan fingerprint density at radius 3 is 2.53 bits per heavy atom. The van der Waals surface area contributed by atoms with Crippen LogP contribution in [0.2, 0.25) is 0 Å². The van der Waals surface area contributed by atoms with E-state index in [1.165, 1.54) is 0 Å². The molecule has 3 nitrogen and oxygen atoms in total. The second-order valence-corrected chi connectivity index (χ2v) is 5.60. The van der Waals surface area contributed by atoms with Gasteiger partial charge in [0.1, 0.15) is 10.3 Å². The molecular weight excluding hydrogens is 325 g/mol. The van der Waals surface area contributed by atoms with Crippen molar-refractivity contribution in [3.05, 3.63) is 26.3 Å². The van der Waals surface area contributed by atoms with Crippen molar-refractivity contribution in [3.63, 3.8) is 0 Å². The van der Waals surface area contributed by atoms with Gasteiger partial charge in [-0.05, 0) is 28.8 Å². The molecule has 1 aliphatic rings. The van der Waals surface area contributed by atoms with Gasteiger partial charge < -0.3 is 4.98 Å². The molecule has 1 saturated carbocycles. The van der Waals surface area contributed by atoms with Crippen molar-refractivity contribution >= 4 is 15.9 Å². The summed E-state index contributed by atoms with van der Waals surface area (Å²) < 4.78 is 36.9. The van der Waals surface area contributed by atoms with Gasteiger partial charge in [-0.3, -0.25) is 4.79 Å². The number of nitrogens with one attached hydrogen (secondary N) is 1. The molecule has 0 amide bonds. The third-order valence-corrected chi connectivity index (χ3v) is 4.09. The predicted octanol–water partition coefficient (Wildman–Crippen LogP) is 3.68. The zero-order valence-electron chi connectivity index (χ0n) is 10.2. The number of aromatic nitrogens is 2. The SMILES string of the molecule is O=c1[nH]c(CCC(F)(F)F)nc(C2CCCC2)c1Br. The van der Waals surface area contributed by atoms with Crippen LogP contribution in [0.1, 0.15) is 49.5 Å². The van der Waals surface area contributed by atoms with Gasteiger partial charge in [-0.2, -0.15) is 13.2 Å². The molecule has 1 heterocycles. The van der Waals surface area contributed by atoms with Crippen LogP contribution < -0.4 is 5.56 Å². The topological polar surface area (TPSA) is 45.8 Å². The number of rotatable bonds is 3. The average Bonchev–Trinajstić information content (AvgIpc) is 2.83. The molecule has 7 heteroatoms. The highest BCUT2D eigenvalue weighted by Crippen LogP contribution is 2.35. The van der Waals surface area contributed by atoms with Gasteiger partial charge in [0.25, 0.3) is 5.56 Å². The van der Waals surface area contributed by atoms with Crippen LogP contribution in [0.4, 0.5) is 13.2 Å². The highest BCUT2D eigenvalue weighted by atomic mass is 79.9. The largest absolute Gasteiger partial charge is 0.389 e. The molecule has 1 aliphatic carbocycles. The van der Waals surface area contributed by atoms with Crippen molar-refractivity contribution in [2.24, 2.45) is 0 Å². The fourth-order valence-electron chi connectivity index (χ4n) is 2.37. The number of hydrogen-bond donors (Lipinski definition) is 1. The second kappa shape index (κ2) is 5.64. The molecule has 106 valence electrons. The summed E-state index contributed by atoms with van der Waals surface area (Å²) in [5.41, 5.74) is 0.215. The summed E-state index contributed by atoms with van der Waals surface area (Å²) in [6, 6.07) is 0. The molecule has 1 fully saturated rings. The summed E-state index contributed by atoms with van der Waals surface area (Å²) in [5, 5.41) is 0. The summed E-state index contributed by atoms with van der Waals surface area (Å²) in [6.45, 7) is 0. The smallest absolute Gasteiger partial charge is 0.310 e. The van der Waals surface area contributed by atoms with Crippen LogP contribution in [-0.4, -0.2) is 16.1 Å². The Balaban J connectivity index is 2.23. The van der Waals surface area contributed by atoms with Gasteiger partial charge in [0, 0.05) is 12.3 Å². The zero-order chi connectivity index (χ0) is 14.0. The van der Waals surface area contributed by atoms with Gasteiger partial charge in [-0.15, -0.1) is 0 Å². The summed E-state index contributed by atoms with van der Waals surface area (Å²) >= 11 is 3.19. The highest BCUT2D eigenvalue weighted by molar-refractivity contribution is 9.10. The van der Waals surface area contributed by atoms with Gasteiger partial charge in [-0.25, -0.2) is 4.98 Å². The van der Waals surface area contributed by atoms with E-state index in [0.717, 1.165) is 25.7 Å². The molecule has 1 aromatic rings. The number of alkyl halides is 3. The Morgan fingerprint density at radius 1 is 1.32 bits per heavy atom. The first-order chi connectivity index (χ1) is 8.87. The fourth-order valence-corrected chi connectivity index (χ4v) is 2.88. The average molecular weight is 339 g/mol. The second-order valence-electron chi connectivity index (χ2n) is 4.81. The van der Waals surface area contributed by atoms with E-state index in [2.05, 4.69) is 25.9 Å². The molecule has 2 rings (SSSR count). The minimum atomic E-state index is -4.24. The normalized spacial score (nSPS) is 17.1. The maximum Gasteiger partial charge on any atom is 0.389 e. The minimum Gasteiger partial charge on any atom is -0.310 e. The van der Waals surface area contributed by atoms with Crippen molar-refractivity contribution in [1.82, 2.24) is 9.97 Å². The first-order valence-electron chi connectivity index (χ1n) is 6.22. The van der Waals surface area contributed by atoms with Crippen LogP contribution in [0.3, 0.4) is 0 Å². The lowest BCUT2D eigenvalue weighted by Gasteiger charge is -2.12. The number of hydrogen-bond acceptors (Lipinski definition) is 2. The van der Waals surface area contributed by atoms with Crippen LogP contribution in [0.5, 0.6) is 0 Å². The van der Waals surface area contributed by atoms with Gasteiger partial charge in [0.2, 0.25) is 0 Å². The Kier molecular flexibility index (Phi) is 4.32. The third kappa shape index (κ3) is 3.81. The van der Waals surface area contributed by atoms with Crippen molar-refractivity contribution < 1.29 is 13.2 Å². The quantitative estimate of drug-likeness (QED) is 0.913. The van der Waals surface area contributed by atoms with E-state index in [1.54, 1.807) is 0 Å².